The second-order valence-corrected chi connectivity index (χ2v) is 7.23. The second kappa shape index (κ2) is 7.39. The highest BCUT2D eigenvalue weighted by atomic mass is 16.2. The first-order valence-corrected chi connectivity index (χ1v) is 9.45. The number of rotatable bonds is 4. The maximum Gasteiger partial charge on any atom is 0.280 e. The van der Waals surface area contributed by atoms with Gasteiger partial charge in [-0.05, 0) is 68.3 Å². The number of hydrogen-bond donors (Lipinski definition) is 1. The molecule has 0 unspecified atom stereocenters. The Bertz CT molecular complexity index is 1270. The van der Waals surface area contributed by atoms with E-state index in [-0.39, 0.29) is 18.0 Å². The van der Waals surface area contributed by atoms with Crippen molar-refractivity contribution in [3.63, 3.8) is 0 Å². The van der Waals surface area contributed by atoms with E-state index < -0.39 is 0 Å². The van der Waals surface area contributed by atoms with Crippen LogP contribution in [0.3, 0.4) is 0 Å². The number of pyridine rings is 1. The Morgan fingerprint density at radius 1 is 1.00 bits per heavy atom. The second-order valence-electron chi connectivity index (χ2n) is 7.23. The van der Waals surface area contributed by atoms with Crippen LogP contribution in [0.1, 0.15) is 16.7 Å². The topological polar surface area (TPSA) is 68.9 Å². The van der Waals surface area contributed by atoms with Crippen molar-refractivity contribution in [1.29, 1.82) is 0 Å². The summed E-state index contributed by atoms with van der Waals surface area (Å²) in [6.07, 6.45) is 1.62. The molecule has 2 heterocycles. The molecule has 6 nitrogen and oxygen atoms in total. The lowest BCUT2D eigenvalue weighted by Gasteiger charge is -2.13. The number of benzene rings is 2. The number of aryl methyl sites for hydroxylation is 3. The maximum atomic E-state index is 13.0. The molecule has 146 valence electrons. The molecule has 2 aromatic heterocycles. The number of anilines is 1. The van der Waals surface area contributed by atoms with Gasteiger partial charge in [-0.1, -0.05) is 23.8 Å². The van der Waals surface area contributed by atoms with E-state index in [1.807, 2.05) is 63.2 Å². The van der Waals surface area contributed by atoms with Gasteiger partial charge in [0.25, 0.3) is 5.56 Å². The Balaban J connectivity index is 1.75. The van der Waals surface area contributed by atoms with E-state index in [1.165, 1.54) is 4.68 Å². The van der Waals surface area contributed by atoms with Gasteiger partial charge in [-0.15, -0.1) is 0 Å². The van der Waals surface area contributed by atoms with Gasteiger partial charge in [0.1, 0.15) is 6.54 Å². The Morgan fingerprint density at radius 2 is 1.76 bits per heavy atom. The fourth-order valence-corrected chi connectivity index (χ4v) is 3.33. The van der Waals surface area contributed by atoms with Gasteiger partial charge >= 0.3 is 0 Å². The molecule has 0 radical (unpaired) electrons. The number of amides is 1. The van der Waals surface area contributed by atoms with Gasteiger partial charge in [0.05, 0.1) is 11.1 Å². The van der Waals surface area contributed by atoms with Crippen LogP contribution in [0.4, 0.5) is 5.69 Å². The van der Waals surface area contributed by atoms with Crippen LogP contribution in [0, 0.1) is 20.8 Å². The Labute approximate surface area is 168 Å². The first-order valence-electron chi connectivity index (χ1n) is 9.45. The van der Waals surface area contributed by atoms with Crippen LogP contribution in [0.5, 0.6) is 0 Å². The summed E-state index contributed by atoms with van der Waals surface area (Å²) in [5.41, 5.74) is 5.06. The van der Waals surface area contributed by atoms with Crippen molar-refractivity contribution in [2.75, 3.05) is 5.32 Å². The van der Waals surface area contributed by atoms with E-state index in [0.29, 0.717) is 16.7 Å². The standard InChI is InChI=1S/C23H22N4O2/c1-15-6-10-19(11-7-15)27-23(29)20-5-4-12-24-22(20)26(27)14-21(28)25-18-9-8-16(2)17(3)13-18/h4-13H,14H2,1-3H3,(H,25,28). The molecule has 0 atom stereocenters. The minimum Gasteiger partial charge on any atom is -0.324 e. The van der Waals surface area contributed by atoms with Crippen molar-refractivity contribution in [1.82, 2.24) is 14.3 Å². The summed E-state index contributed by atoms with van der Waals surface area (Å²) < 4.78 is 3.13. The number of nitrogens with zero attached hydrogens (tertiary/aromatic N) is 3. The summed E-state index contributed by atoms with van der Waals surface area (Å²) in [5, 5.41) is 3.40. The minimum absolute atomic E-state index is 0.0312. The average molecular weight is 386 g/mol. The summed E-state index contributed by atoms with van der Waals surface area (Å²) in [6, 6.07) is 16.8. The Morgan fingerprint density at radius 3 is 2.48 bits per heavy atom. The molecule has 0 fully saturated rings. The van der Waals surface area contributed by atoms with Gasteiger partial charge in [0, 0.05) is 11.9 Å². The molecule has 0 spiro atoms. The normalized spacial score (nSPS) is 11.0. The van der Waals surface area contributed by atoms with Crippen LogP contribution in [0.25, 0.3) is 16.7 Å². The lowest BCUT2D eigenvalue weighted by molar-refractivity contribution is -0.116. The van der Waals surface area contributed by atoms with E-state index in [0.717, 1.165) is 22.4 Å². The predicted molar refractivity (Wildman–Crippen MR) is 115 cm³/mol. The molecular weight excluding hydrogens is 364 g/mol. The van der Waals surface area contributed by atoms with Gasteiger partial charge in [-0.25, -0.2) is 9.67 Å². The van der Waals surface area contributed by atoms with Crippen molar-refractivity contribution < 1.29 is 4.79 Å². The maximum absolute atomic E-state index is 13.0. The van der Waals surface area contributed by atoms with Crippen molar-refractivity contribution >= 4 is 22.6 Å². The highest BCUT2D eigenvalue weighted by Gasteiger charge is 2.18. The van der Waals surface area contributed by atoms with Crippen molar-refractivity contribution in [3.8, 4) is 5.69 Å². The molecule has 0 saturated heterocycles. The number of aromatic nitrogens is 3. The molecule has 1 N–H and O–H groups in total. The van der Waals surface area contributed by atoms with Gasteiger partial charge in [-0.3, -0.25) is 14.3 Å². The fourth-order valence-electron chi connectivity index (χ4n) is 3.33. The number of carbonyl (C=O) groups excluding carboxylic acids is 1. The summed E-state index contributed by atoms with van der Waals surface area (Å²) >= 11 is 0. The van der Waals surface area contributed by atoms with Gasteiger partial charge in [0.15, 0.2) is 5.65 Å². The minimum atomic E-state index is -0.225. The molecule has 0 aliphatic rings. The van der Waals surface area contributed by atoms with E-state index >= 15 is 0 Å². The Kier molecular flexibility index (Phi) is 4.76. The van der Waals surface area contributed by atoms with Gasteiger partial charge in [-0.2, -0.15) is 0 Å². The zero-order valence-corrected chi connectivity index (χ0v) is 16.6. The largest absolute Gasteiger partial charge is 0.324 e. The molecule has 1 amide bonds. The number of fused-ring (bicyclic) bond motifs is 1. The first-order chi connectivity index (χ1) is 13.9. The molecule has 6 heteroatoms. The smallest absolute Gasteiger partial charge is 0.280 e. The van der Waals surface area contributed by atoms with E-state index in [2.05, 4.69) is 10.3 Å². The molecule has 0 aliphatic carbocycles. The van der Waals surface area contributed by atoms with Crippen molar-refractivity contribution in [2.45, 2.75) is 27.3 Å². The quantitative estimate of drug-likeness (QED) is 0.581. The molecule has 0 bridgehead atoms. The summed E-state index contributed by atoms with van der Waals surface area (Å²) in [5.74, 6) is -0.225. The van der Waals surface area contributed by atoms with E-state index in [9.17, 15) is 9.59 Å². The number of carbonyl (C=O) groups is 1. The summed E-state index contributed by atoms with van der Waals surface area (Å²) in [7, 11) is 0. The molecule has 4 aromatic rings. The zero-order chi connectivity index (χ0) is 20.5. The van der Waals surface area contributed by atoms with E-state index in [4.69, 9.17) is 0 Å². The molecule has 0 aliphatic heterocycles. The average Bonchev–Trinajstić information content (AvgIpc) is 2.98. The summed E-state index contributed by atoms with van der Waals surface area (Å²) in [6.45, 7) is 5.99. The summed E-state index contributed by atoms with van der Waals surface area (Å²) in [4.78, 5) is 30.2. The number of nitrogens with one attached hydrogen (secondary N) is 1. The molecule has 2 aromatic carbocycles. The first kappa shape index (κ1) is 18.7. The Hall–Kier alpha value is -3.67. The van der Waals surface area contributed by atoms with Crippen molar-refractivity contribution in [3.05, 3.63) is 87.8 Å². The third-order valence-corrected chi connectivity index (χ3v) is 5.06. The van der Waals surface area contributed by atoms with E-state index in [1.54, 1.807) is 23.0 Å². The highest BCUT2D eigenvalue weighted by molar-refractivity contribution is 5.91. The fraction of sp³-hybridized carbons (Fsp3) is 0.174. The van der Waals surface area contributed by atoms with Crippen LogP contribution >= 0.6 is 0 Å². The van der Waals surface area contributed by atoms with Crippen molar-refractivity contribution in [2.24, 2.45) is 0 Å². The third-order valence-electron chi connectivity index (χ3n) is 5.06. The SMILES string of the molecule is Cc1ccc(-n2c(=O)c3cccnc3n2CC(=O)Nc2ccc(C)c(C)c2)cc1. The zero-order valence-electron chi connectivity index (χ0n) is 16.6. The van der Waals surface area contributed by atoms with Crippen LogP contribution in [0.2, 0.25) is 0 Å². The molecule has 29 heavy (non-hydrogen) atoms. The monoisotopic (exact) mass is 386 g/mol. The molecule has 0 saturated carbocycles. The number of hydrogen-bond acceptors (Lipinski definition) is 3. The predicted octanol–water partition coefficient (Wildman–Crippen LogP) is 3.75. The van der Waals surface area contributed by atoms with Gasteiger partial charge < -0.3 is 5.32 Å². The lowest BCUT2D eigenvalue weighted by atomic mass is 10.1. The van der Waals surface area contributed by atoms with Crippen LogP contribution < -0.4 is 10.9 Å². The lowest BCUT2D eigenvalue weighted by Crippen LogP contribution is -2.27. The highest BCUT2D eigenvalue weighted by Crippen LogP contribution is 2.16. The third kappa shape index (κ3) is 3.57. The molecular formula is C23H22N4O2. The van der Waals surface area contributed by atoms with Gasteiger partial charge in [0.2, 0.25) is 5.91 Å². The van der Waals surface area contributed by atoms with Crippen LogP contribution in [-0.4, -0.2) is 20.3 Å². The molecule has 4 rings (SSSR count). The van der Waals surface area contributed by atoms with Crippen LogP contribution in [-0.2, 0) is 11.3 Å². The van der Waals surface area contributed by atoms with Crippen LogP contribution in [0.15, 0.2) is 65.6 Å².